The third-order valence-electron chi connectivity index (χ3n) is 5.03. The zero-order valence-electron chi connectivity index (χ0n) is 15.1. The van der Waals surface area contributed by atoms with Crippen molar-refractivity contribution < 1.29 is 9.32 Å². The number of aromatic nitrogens is 1. The molecule has 2 heterocycles. The van der Waals surface area contributed by atoms with E-state index in [-0.39, 0.29) is 11.9 Å². The van der Waals surface area contributed by atoms with Crippen molar-refractivity contribution in [2.75, 3.05) is 18.4 Å². The number of nitrogens with one attached hydrogen (secondary N) is 1. The molecule has 0 aliphatic carbocycles. The third-order valence-corrected chi connectivity index (χ3v) is 5.03. The number of hydrogen-bond acceptors (Lipinski definition) is 4. The lowest BCUT2D eigenvalue weighted by Gasteiger charge is -2.36. The van der Waals surface area contributed by atoms with Crippen LogP contribution in [0.5, 0.6) is 0 Å². The van der Waals surface area contributed by atoms with Gasteiger partial charge in [-0.1, -0.05) is 42.4 Å². The predicted molar refractivity (Wildman–Crippen MR) is 98.4 cm³/mol. The molecule has 2 aromatic rings. The van der Waals surface area contributed by atoms with Crippen molar-refractivity contribution in [2.24, 2.45) is 5.92 Å². The molecule has 5 nitrogen and oxygen atoms in total. The lowest BCUT2D eigenvalue weighted by molar-refractivity contribution is -0.122. The Morgan fingerprint density at radius 2 is 2.04 bits per heavy atom. The second-order valence-corrected chi connectivity index (χ2v) is 6.91. The van der Waals surface area contributed by atoms with Crippen molar-refractivity contribution in [1.29, 1.82) is 0 Å². The largest absolute Gasteiger partial charge is 0.360 e. The number of hydrogen-bond donors (Lipinski definition) is 1. The molecule has 1 fully saturated rings. The Kier molecular flexibility index (Phi) is 5.87. The molecular weight excluding hydrogens is 314 g/mol. The van der Waals surface area contributed by atoms with Crippen LogP contribution in [-0.2, 0) is 11.2 Å². The van der Waals surface area contributed by atoms with Crippen LogP contribution in [0.2, 0.25) is 0 Å². The molecule has 1 amide bonds. The predicted octanol–water partition coefficient (Wildman–Crippen LogP) is 3.65. The standard InChI is InChI=1S/C20H27N3O2/c1-3-18(20(24)21-19-13-15(2)25-22-19)23-11-9-17(10-12-23)14-16-7-5-4-6-8-16/h4-8,13,17-18H,3,9-12,14H2,1-2H3,(H,21,22,24). The van der Waals surface area contributed by atoms with E-state index in [9.17, 15) is 4.79 Å². The Bertz CT molecular complexity index is 675. The van der Waals surface area contributed by atoms with Gasteiger partial charge in [-0.15, -0.1) is 0 Å². The van der Waals surface area contributed by atoms with Gasteiger partial charge in [-0.25, -0.2) is 0 Å². The summed E-state index contributed by atoms with van der Waals surface area (Å²) < 4.78 is 5.02. The molecule has 1 aliphatic heterocycles. The monoisotopic (exact) mass is 341 g/mol. The first kappa shape index (κ1) is 17.7. The molecule has 5 heteroatoms. The summed E-state index contributed by atoms with van der Waals surface area (Å²) in [4.78, 5) is 14.9. The number of aryl methyl sites for hydroxylation is 1. The van der Waals surface area contributed by atoms with Crippen LogP contribution in [0.3, 0.4) is 0 Å². The summed E-state index contributed by atoms with van der Waals surface area (Å²) in [7, 11) is 0. The van der Waals surface area contributed by atoms with Gasteiger partial charge in [0.1, 0.15) is 5.76 Å². The molecule has 1 atom stereocenters. The summed E-state index contributed by atoms with van der Waals surface area (Å²) in [5.41, 5.74) is 1.41. The summed E-state index contributed by atoms with van der Waals surface area (Å²) in [5.74, 6) is 1.92. The van der Waals surface area contributed by atoms with Gasteiger partial charge in [0.2, 0.25) is 5.91 Å². The van der Waals surface area contributed by atoms with E-state index in [0.29, 0.717) is 17.5 Å². The average molecular weight is 341 g/mol. The molecule has 134 valence electrons. The van der Waals surface area contributed by atoms with Crippen LogP contribution in [0.25, 0.3) is 0 Å². The van der Waals surface area contributed by atoms with Crippen molar-refractivity contribution in [3.05, 3.63) is 47.7 Å². The van der Waals surface area contributed by atoms with E-state index in [1.165, 1.54) is 5.56 Å². The van der Waals surface area contributed by atoms with Crippen LogP contribution in [0, 0.1) is 12.8 Å². The van der Waals surface area contributed by atoms with E-state index in [2.05, 4.69) is 52.6 Å². The van der Waals surface area contributed by atoms with Gasteiger partial charge in [-0.3, -0.25) is 9.69 Å². The van der Waals surface area contributed by atoms with Crippen molar-refractivity contribution >= 4 is 11.7 Å². The Hall–Kier alpha value is -2.14. The van der Waals surface area contributed by atoms with E-state index in [4.69, 9.17) is 4.52 Å². The molecule has 1 saturated heterocycles. The van der Waals surface area contributed by atoms with Crippen LogP contribution in [0.15, 0.2) is 40.9 Å². The van der Waals surface area contributed by atoms with Crippen LogP contribution in [-0.4, -0.2) is 35.1 Å². The molecule has 25 heavy (non-hydrogen) atoms. The Morgan fingerprint density at radius 1 is 1.32 bits per heavy atom. The Labute approximate surface area is 149 Å². The van der Waals surface area contributed by atoms with E-state index >= 15 is 0 Å². The van der Waals surface area contributed by atoms with Gasteiger partial charge >= 0.3 is 0 Å². The molecule has 1 aromatic heterocycles. The third kappa shape index (κ3) is 4.69. The summed E-state index contributed by atoms with van der Waals surface area (Å²) in [5, 5.41) is 6.73. The number of likely N-dealkylation sites (tertiary alicyclic amines) is 1. The minimum atomic E-state index is -0.102. The molecular formula is C20H27N3O2. The normalized spacial score (nSPS) is 17.4. The first-order valence-electron chi connectivity index (χ1n) is 9.18. The fourth-order valence-electron chi connectivity index (χ4n) is 3.66. The zero-order chi connectivity index (χ0) is 17.6. The number of rotatable bonds is 6. The number of carbonyl (C=O) groups is 1. The number of benzene rings is 1. The van der Waals surface area contributed by atoms with Gasteiger partial charge in [-0.2, -0.15) is 0 Å². The van der Waals surface area contributed by atoms with Crippen LogP contribution < -0.4 is 5.32 Å². The zero-order valence-corrected chi connectivity index (χ0v) is 15.1. The van der Waals surface area contributed by atoms with Gasteiger partial charge in [0.15, 0.2) is 5.82 Å². The summed E-state index contributed by atoms with van der Waals surface area (Å²) in [6.45, 7) is 5.83. The summed E-state index contributed by atoms with van der Waals surface area (Å²) >= 11 is 0. The van der Waals surface area contributed by atoms with Gasteiger partial charge in [0.25, 0.3) is 0 Å². The highest BCUT2D eigenvalue weighted by molar-refractivity contribution is 5.93. The van der Waals surface area contributed by atoms with Crippen molar-refractivity contribution in [2.45, 2.75) is 45.6 Å². The number of anilines is 1. The van der Waals surface area contributed by atoms with Gasteiger partial charge in [-0.05, 0) is 57.2 Å². The molecule has 1 N–H and O–H groups in total. The van der Waals surface area contributed by atoms with Crippen molar-refractivity contribution in [1.82, 2.24) is 10.1 Å². The first-order chi connectivity index (χ1) is 12.2. The van der Waals surface area contributed by atoms with Gasteiger partial charge in [0.05, 0.1) is 6.04 Å². The summed E-state index contributed by atoms with van der Waals surface area (Å²) in [6.07, 6.45) is 4.21. The van der Waals surface area contributed by atoms with Crippen LogP contribution in [0.4, 0.5) is 5.82 Å². The van der Waals surface area contributed by atoms with Gasteiger partial charge < -0.3 is 9.84 Å². The molecule has 3 rings (SSSR count). The maximum Gasteiger partial charge on any atom is 0.242 e. The number of nitrogens with zero attached hydrogens (tertiary/aromatic N) is 2. The van der Waals surface area contributed by atoms with Crippen LogP contribution >= 0.6 is 0 Å². The molecule has 1 aromatic carbocycles. The molecule has 1 unspecified atom stereocenters. The SMILES string of the molecule is CCC(C(=O)Nc1cc(C)on1)N1CCC(Cc2ccccc2)CC1. The van der Waals surface area contributed by atoms with E-state index < -0.39 is 0 Å². The van der Waals surface area contributed by atoms with E-state index in [1.54, 1.807) is 6.07 Å². The van der Waals surface area contributed by atoms with E-state index in [1.807, 2.05) is 6.92 Å². The second kappa shape index (κ2) is 8.30. The second-order valence-electron chi connectivity index (χ2n) is 6.91. The average Bonchev–Trinajstić information content (AvgIpc) is 3.03. The maximum absolute atomic E-state index is 12.6. The quantitative estimate of drug-likeness (QED) is 0.871. The smallest absolute Gasteiger partial charge is 0.242 e. The Balaban J connectivity index is 1.52. The minimum Gasteiger partial charge on any atom is -0.360 e. The molecule has 0 bridgehead atoms. The molecule has 1 aliphatic rings. The van der Waals surface area contributed by atoms with Gasteiger partial charge in [0, 0.05) is 6.07 Å². The molecule has 0 spiro atoms. The lowest BCUT2D eigenvalue weighted by Crippen LogP contribution is -2.47. The highest BCUT2D eigenvalue weighted by Crippen LogP contribution is 2.24. The molecule has 0 saturated carbocycles. The maximum atomic E-state index is 12.6. The summed E-state index contributed by atoms with van der Waals surface area (Å²) in [6, 6.07) is 12.3. The van der Waals surface area contributed by atoms with Crippen molar-refractivity contribution in [3.8, 4) is 0 Å². The minimum absolute atomic E-state index is 0.0114. The number of piperidine rings is 1. The van der Waals surface area contributed by atoms with Crippen molar-refractivity contribution in [3.63, 3.8) is 0 Å². The van der Waals surface area contributed by atoms with Crippen LogP contribution in [0.1, 0.15) is 37.5 Å². The first-order valence-corrected chi connectivity index (χ1v) is 9.18. The fourth-order valence-corrected chi connectivity index (χ4v) is 3.66. The van der Waals surface area contributed by atoms with E-state index in [0.717, 1.165) is 38.8 Å². The number of amides is 1. The molecule has 0 radical (unpaired) electrons. The highest BCUT2D eigenvalue weighted by Gasteiger charge is 2.29. The highest BCUT2D eigenvalue weighted by atomic mass is 16.5. The Morgan fingerprint density at radius 3 is 2.64 bits per heavy atom. The topological polar surface area (TPSA) is 58.4 Å². The lowest BCUT2D eigenvalue weighted by atomic mass is 9.89. The number of carbonyl (C=O) groups excluding carboxylic acids is 1. The fraction of sp³-hybridized carbons (Fsp3) is 0.500.